The van der Waals surface area contributed by atoms with Crippen molar-refractivity contribution in [2.45, 2.75) is 311 Å². The van der Waals surface area contributed by atoms with E-state index < -0.39 is 124 Å². The molecule has 1 amide bonds. The molecule has 0 aromatic heterocycles. The van der Waals surface area contributed by atoms with E-state index in [-0.39, 0.29) is 18.9 Å². The van der Waals surface area contributed by atoms with Crippen LogP contribution in [0.5, 0.6) is 0 Å². The minimum atomic E-state index is -1.97. The van der Waals surface area contributed by atoms with E-state index in [9.17, 15) is 61.0 Å². The van der Waals surface area contributed by atoms with Gasteiger partial charge in [0.1, 0.15) is 73.2 Å². The van der Waals surface area contributed by atoms with Crippen LogP contribution in [0.25, 0.3) is 0 Å². The summed E-state index contributed by atoms with van der Waals surface area (Å²) in [6.45, 7) is 1.69. The van der Waals surface area contributed by atoms with Gasteiger partial charge in [0.15, 0.2) is 18.9 Å². The second-order valence-electron chi connectivity index (χ2n) is 21.1. The number of carbonyl (C=O) groups excluding carboxylic acids is 1. The second kappa shape index (κ2) is 39.2. The Bertz CT molecular complexity index is 1350. The minimum absolute atomic E-state index is 0.246. The van der Waals surface area contributed by atoms with Gasteiger partial charge in [-0.25, -0.2) is 0 Å². The number of amides is 1. The van der Waals surface area contributed by atoms with E-state index in [0.717, 1.165) is 51.4 Å². The Morgan fingerprint density at radius 2 is 0.781 bits per heavy atom. The van der Waals surface area contributed by atoms with Crippen LogP contribution in [0.1, 0.15) is 206 Å². The van der Waals surface area contributed by atoms with Gasteiger partial charge in [-0.05, 0) is 12.8 Å². The summed E-state index contributed by atoms with van der Waals surface area (Å²) in [5, 5.41) is 119. The number of ether oxygens (including phenoxy) is 6. The van der Waals surface area contributed by atoms with E-state index in [4.69, 9.17) is 28.4 Å². The fourth-order valence-electron chi connectivity index (χ4n) is 10.1. The molecule has 73 heavy (non-hydrogen) atoms. The van der Waals surface area contributed by atoms with Crippen molar-refractivity contribution in [3.05, 3.63) is 0 Å². The van der Waals surface area contributed by atoms with Crippen LogP contribution in [-0.2, 0) is 33.2 Å². The van der Waals surface area contributed by atoms with Gasteiger partial charge in [0.05, 0.1) is 38.6 Å². The van der Waals surface area contributed by atoms with E-state index >= 15 is 0 Å². The Hall–Kier alpha value is -1.21. The standard InChI is InChI=1S/C54H103NO18/c1-3-5-7-9-10-11-12-13-14-15-16-17-18-19-20-21-22-23-24-25-26-28-30-32-42(60)55-37(38(59)31-29-27-8-6-4-2)36-68-52-48(66)45(63)50(40(34-57)70-52)73-54-49(67)46(64)51(41(35-58)71-54)72-53-47(65)44(62)43(61)39(33-56)69-53/h37-41,43-54,56-59,61-67H,3-36H2,1-2H3,(H,55,60). The van der Waals surface area contributed by atoms with Crippen LogP contribution in [0.2, 0.25) is 0 Å². The molecule has 3 aliphatic heterocycles. The summed E-state index contributed by atoms with van der Waals surface area (Å²) >= 11 is 0. The molecule has 3 fully saturated rings. The molecular formula is C54H103NO18. The molecule has 3 aliphatic rings. The first-order chi connectivity index (χ1) is 35.3. The van der Waals surface area contributed by atoms with Crippen LogP contribution in [-0.4, -0.2) is 193 Å². The summed E-state index contributed by atoms with van der Waals surface area (Å²) in [7, 11) is 0. The highest BCUT2D eigenvalue weighted by atomic mass is 16.8. The molecule has 19 heteroatoms. The third-order valence-electron chi connectivity index (χ3n) is 14.9. The molecule has 0 aromatic rings. The molecule has 0 radical (unpaired) electrons. The van der Waals surface area contributed by atoms with Crippen LogP contribution in [0, 0.1) is 0 Å². The molecule has 0 aromatic carbocycles. The monoisotopic (exact) mass is 1050 g/mol. The summed E-state index contributed by atoms with van der Waals surface area (Å²) in [5.74, 6) is -0.246. The van der Waals surface area contributed by atoms with Crippen LogP contribution in [0.4, 0.5) is 0 Å². The Morgan fingerprint density at radius 3 is 1.19 bits per heavy atom. The van der Waals surface area contributed by atoms with Gasteiger partial charge in [-0.1, -0.05) is 187 Å². The van der Waals surface area contributed by atoms with Crippen molar-refractivity contribution in [1.29, 1.82) is 0 Å². The highest BCUT2D eigenvalue weighted by molar-refractivity contribution is 5.76. The van der Waals surface area contributed by atoms with Gasteiger partial charge >= 0.3 is 0 Å². The van der Waals surface area contributed by atoms with Gasteiger partial charge in [-0.3, -0.25) is 4.79 Å². The summed E-state index contributed by atoms with van der Waals surface area (Å²) in [6, 6.07) is -0.876. The van der Waals surface area contributed by atoms with Crippen molar-refractivity contribution in [2.75, 3.05) is 26.4 Å². The predicted octanol–water partition coefficient (Wildman–Crippen LogP) is 4.04. The molecule has 17 unspecified atom stereocenters. The molecule has 0 aliphatic carbocycles. The SMILES string of the molecule is CCCCCCCCCCCCCCCCCCCCCCCCCC(=O)NC(COC1OC(CO)C(OC2OC(CO)C(OC3OC(CO)C(O)C(O)C3O)C(O)C2O)C(O)C1O)C(O)CCCCCCC. The summed E-state index contributed by atoms with van der Waals surface area (Å²) in [5.41, 5.74) is 0. The number of carbonyl (C=O) groups is 1. The molecule has 17 atom stereocenters. The Kier molecular flexibility index (Phi) is 35.5. The van der Waals surface area contributed by atoms with Gasteiger partial charge in [-0.15, -0.1) is 0 Å². The van der Waals surface area contributed by atoms with Crippen molar-refractivity contribution in [3.8, 4) is 0 Å². The van der Waals surface area contributed by atoms with E-state index in [1.54, 1.807) is 0 Å². The lowest BCUT2D eigenvalue weighted by Gasteiger charge is -2.48. The lowest BCUT2D eigenvalue weighted by molar-refractivity contribution is -0.379. The second-order valence-corrected chi connectivity index (χ2v) is 21.1. The normalized spacial score (nSPS) is 31.7. The number of aliphatic hydroxyl groups is 11. The third-order valence-corrected chi connectivity index (χ3v) is 14.9. The number of nitrogens with one attached hydrogen (secondary N) is 1. The molecule has 0 saturated carbocycles. The fraction of sp³-hybridized carbons (Fsp3) is 0.981. The summed E-state index contributed by atoms with van der Waals surface area (Å²) in [6.07, 6.45) is 8.52. The molecule has 0 spiro atoms. The van der Waals surface area contributed by atoms with Crippen LogP contribution >= 0.6 is 0 Å². The average Bonchev–Trinajstić information content (AvgIpc) is 3.38. The Balaban J connectivity index is 1.39. The molecule has 3 saturated heterocycles. The van der Waals surface area contributed by atoms with Crippen molar-refractivity contribution in [1.82, 2.24) is 5.32 Å². The van der Waals surface area contributed by atoms with E-state index in [1.165, 1.54) is 122 Å². The fourth-order valence-corrected chi connectivity index (χ4v) is 10.1. The largest absolute Gasteiger partial charge is 0.394 e. The molecule has 432 valence electrons. The lowest BCUT2D eigenvalue weighted by atomic mass is 9.96. The quantitative estimate of drug-likeness (QED) is 0.0384. The Labute approximate surface area is 436 Å². The van der Waals surface area contributed by atoms with Crippen molar-refractivity contribution >= 4 is 5.91 Å². The highest BCUT2D eigenvalue weighted by Crippen LogP contribution is 2.33. The van der Waals surface area contributed by atoms with Crippen LogP contribution in [0.15, 0.2) is 0 Å². The van der Waals surface area contributed by atoms with Crippen molar-refractivity contribution in [2.24, 2.45) is 0 Å². The van der Waals surface area contributed by atoms with Gasteiger partial charge in [0.25, 0.3) is 0 Å². The zero-order chi connectivity index (χ0) is 53.4. The molecule has 3 rings (SSSR count). The first kappa shape index (κ1) is 66.1. The average molecular weight is 1050 g/mol. The number of hydrogen-bond donors (Lipinski definition) is 12. The maximum Gasteiger partial charge on any atom is 0.220 e. The van der Waals surface area contributed by atoms with Crippen LogP contribution in [0.3, 0.4) is 0 Å². The first-order valence-corrected chi connectivity index (χ1v) is 28.8. The van der Waals surface area contributed by atoms with Gasteiger partial charge in [0.2, 0.25) is 5.91 Å². The molecule has 3 heterocycles. The van der Waals surface area contributed by atoms with Crippen molar-refractivity contribution < 1.29 is 89.4 Å². The van der Waals surface area contributed by atoms with Gasteiger partial charge in [-0.2, -0.15) is 0 Å². The third kappa shape index (κ3) is 24.1. The number of aliphatic hydroxyl groups excluding tert-OH is 11. The maximum atomic E-state index is 13.2. The van der Waals surface area contributed by atoms with E-state index in [0.29, 0.717) is 12.8 Å². The smallest absolute Gasteiger partial charge is 0.220 e. The molecular weight excluding hydrogens is 951 g/mol. The molecule has 12 N–H and O–H groups in total. The van der Waals surface area contributed by atoms with Gasteiger partial charge < -0.3 is 89.9 Å². The summed E-state index contributed by atoms with van der Waals surface area (Å²) < 4.78 is 34.1. The van der Waals surface area contributed by atoms with E-state index in [1.807, 2.05) is 0 Å². The molecule has 19 nitrogen and oxygen atoms in total. The minimum Gasteiger partial charge on any atom is -0.394 e. The molecule has 0 bridgehead atoms. The van der Waals surface area contributed by atoms with Gasteiger partial charge in [0, 0.05) is 6.42 Å². The zero-order valence-corrected chi connectivity index (χ0v) is 44.6. The topological polar surface area (TPSA) is 307 Å². The zero-order valence-electron chi connectivity index (χ0n) is 44.6. The number of rotatable bonds is 42. The Morgan fingerprint density at radius 1 is 0.438 bits per heavy atom. The number of unbranched alkanes of at least 4 members (excludes halogenated alkanes) is 26. The first-order valence-electron chi connectivity index (χ1n) is 28.8. The lowest BCUT2D eigenvalue weighted by Crippen LogP contribution is -2.66. The maximum absolute atomic E-state index is 13.2. The number of hydrogen-bond acceptors (Lipinski definition) is 18. The highest BCUT2D eigenvalue weighted by Gasteiger charge is 2.53. The van der Waals surface area contributed by atoms with E-state index in [2.05, 4.69) is 19.2 Å². The predicted molar refractivity (Wildman–Crippen MR) is 273 cm³/mol. The summed E-state index contributed by atoms with van der Waals surface area (Å²) in [4.78, 5) is 13.2. The van der Waals surface area contributed by atoms with Crippen molar-refractivity contribution in [3.63, 3.8) is 0 Å². The van der Waals surface area contributed by atoms with Crippen LogP contribution < -0.4 is 5.32 Å².